The molecule has 0 fully saturated rings. The fraction of sp³-hybridized carbons (Fsp3) is 0.583. The lowest BCUT2D eigenvalue weighted by molar-refractivity contribution is 0.302. The minimum Gasteiger partial charge on any atom is -0.490 e. The molecule has 0 N–H and O–H groups in total. The smallest absolute Gasteiger partial charge is 0.159 e. The molecule has 1 unspecified atom stereocenters. The van der Waals surface area contributed by atoms with Crippen molar-refractivity contribution in [2.75, 3.05) is 6.61 Å². The van der Waals surface area contributed by atoms with Crippen LogP contribution in [-0.4, -0.2) is 22.7 Å². The van der Waals surface area contributed by atoms with Gasteiger partial charge in [-0.25, -0.2) is 14.4 Å². The van der Waals surface area contributed by atoms with Crippen molar-refractivity contribution in [3.63, 3.8) is 0 Å². The van der Waals surface area contributed by atoms with Crippen molar-refractivity contribution >= 4 is 0 Å². The summed E-state index contributed by atoms with van der Waals surface area (Å²) in [5.41, 5.74) is 2.21. The number of aromatic nitrogens is 2. The average Bonchev–Trinajstić information content (AvgIpc) is 2.71. The van der Waals surface area contributed by atoms with Gasteiger partial charge in [-0.05, 0) is 38.2 Å². The van der Waals surface area contributed by atoms with Crippen LogP contribution in [0.4, 0.5) is 4.39 Å². The van der Waals surface area contributed by atoms with Crippen LogP contribution in [0, 0.1) is 0 Å². The fourth-order valence-corrected chi connectivity index (χ4v) is 3.20. The molecule has 2 rings (SSSR count). The van der Waals surface area contributed by atoms with E-state index in [2.05, 4.69) is 29.0 Å². The molecule has 1 aromatic carbocycles. The van der Waals surface area contributed by atoms with Crippen LogP contribution in [0.1, 0.15) is 77.2 Å². The van der Waals surface area contributed by atoms with Gasteiger partial charge in [0.1, 0.15) is 0 Å². The largest absolute Gasteiger partial charge is 0.490 e. The van der Waals surface area contributed by atoms with Crippen LogP contribution in [0.25, 0.3) is 11.4 Å². The van der Waals surface area contributed by atoms with Crippen molar-refractivity contribution in [3.8, 4) is 17.1 Å². The molecule has 154 valence electrons. The van der Waals surface area contributed by atoms with Crippen LogP contribution in [0.5, 0.6) is 5.75 Å². The molecule has 0 amide bonds. The van der Waals surface area contributed by atoms with Crippen molar-refractivity contribution in [2.45, 2.75) is 84.2 Å². The van der Waals surface area contributed by atoms with Crippen molar-refractivity contribution in [1.29, 1.82) is 0 Å². The van der Waals surface area contributed by atoms with E-state index in [0.29, 0.717) is 12.2 Å². The first kappa shape index (κ1) is 22.3. The first-order valence-electron chi connectivity index (χ1n) is 10.9. The third kappa shape index (κ3) is 8.81. The molecule has 4 heteroatoms. The zero-order valence-electron chi connectivity index (χ0n) is 17.5. The molecule has 0 saturated heterocycles. The molecule has 0 radical (unpaired) electrons. The quantitative estimate of drug-likeness (QED) is 0.329. The summed E-state index contributed by atoms with van der Waals surface area (Å²) >= 11 is 0. The predicted molar refractivity (Wildman–Crippen MR) is 114 cm³/mol. The normalized spacial score (nSPS) is 12.1. The number of unbranched alkanes of at least 4 members (excludes halogenated alkanes) is 6. The second-order valence-electron chi connectivity index (χ2n) is 7.58. The molecule has 0 spiro atoms. The van der Waals surface area contributed by atoms with Gasteiger partial charge in [-0.1, -0.05) is 69.7 Å². The maximum atomic E-state index is 12.9. The SMILES string of the molecule is CCCCCCCCCOc1cnc(-c2ccc(CCCC(C)F)cc2)nc1. The summed E-state index contributed by atoms with van der Waals surface area (Å²) in [6, 6.07) is 8.21. The number of hydrogen-bond acceptors (Lipinski definition) is 3. The summed E-state index contributed by atoms with van der Waals surface area (Å²) in [5.74, 6) is 1.43. The van der Waals surface area contributed by atoms with Gasteiger partial charge in [-0.2, -0.15) is 0 Å². The number of hydrogen-bond donors (Lipinski definition) is 0. The molecule has 1 heterocycles. The molecule has 0 saturated carbocycles. The van der Waals surface area contributed by atoms with Crippen LogP contribution in [-0.2, 0) is 6.42 Å². The van der Waals surface area contributed by atoms with Gasteiger partial charge in [0.25, 0.3) is 0 Å². The van der Waals surface area contributed by atoms with Crippen LogP contribution < -0.4 is 4.74 Å². The van der Waals surface area contributed by atoms with Crippen molar-refractivity contribution in [2.24, 2.45) is 0 Å². The van der Waals surface area contributed by atoms with E-state index >= 15 is 0 Å². The van der Waals surface area contributed by atoms with Gasteiger partial charge >= 0.3 is 0 Å². The van der Waals surface area contributed by atoms with Gasteiger partial charge in [0, 0.05) is 5.56 Å². The van der Waals surface area contributed by atoms with Crippen molar-refractivity contribution < 1.29 is 9.13 Å². The highest BCUT2D eigenvalue weighted by molar-refractivity contribution is 5.55. The summed E-state index contributed by atoms with van der Waals surface area (Å²) in [4.78, 5) is 8.85. The van der Waals surface area contributed by atoms with Crippen molar-refractivity contribution in [3.05, 3.63) is 42.2 Å². The van der Waals surface area contributed by atoms with Crippen LogP contribution in [0.15, 0.2) is 36.7 Å². The lowest BCUT2D eigenvalue weighted by Crippen LogP contribution is -1.99. The zero-order chi connectivity index (χ0) is 20.0. The minimum atomic E-state index is -0.723. The minimum absolute atomic E-state index is 0.616. The Morgan fingerprint density at radius 1 is 0.893 bits per heavy atom. The molecular weight excluding hydrogens is 351 g/mol. The van der Waals surface area contributed by atoms with Gasteiger partial charge in [-0.15, -0.1) is 0 Å². The first-order valence-corrected chi connectivity index (χ1v) is 10.9. The summed E-state index contributed by atoms with van der Waals surface area (Å²) in [6.07, 6.45) is 14.1. The predicted octanol–water partition coefficient (Wildman–Crippen LogP) is 6.95. The fourth-order valence-electron chi connectivity index (χ4n) is 3.20. The summed E-state index contributed by atoms with van der Waals surface area (Å²) < 4.78 is 18.6. The maximum Gasteiger partial charge on any atom is 0.159 e. The van der Waals surface area contributed by atoms with Crippen LogP contribution in [0.2, 0.25) is 0 Å². The van der Waals surface area contributed by atoms with E-state index in [1.807, 2.05) is 12.1 Å². The third-order valence-corrected chi connectivity index (χ3v) is 4.92. The summed E-state index contributed by atoms with van der Waals surface area (Å²) in [7, 11) is 0. The van der Waals surface area contributed by atoms with E-state index in [0.717, 1.165) is 37.2 Å². The lowest BCUT2D eigenvalue weighted by Gasteiger charge is -2.07. The van der Waals surface area contributed by atoms with Gasteiger partial charge in [-0.3, -0.25) is 0 Å². The van der Waals surface area contributed by atoms with E-state index in [-0.39, 0.29) is 0 Å². The Labute approximate surface area is 169 Å². The second-order valence-corrected chi connectivity index (χ2v) is 7.58. The molecule has 0 aliphatic heterocycles. The van der Waals surface area contributed by atoms with Gasteiger partial charge in [0.2, 0.25) is 0 Å². The Morgan fingerprint density at radius 2 is 1.54 bits per heavy atom. The highest BCUT2D eigenvalue weighted by Gasteiger charge is 2.04. The Hall–Kier alpha value is -1.97. The monoisotopic (exact) mass is 386 g/mol. The average molecular weight is 387 g/mol. The third-order valence-electron chi connectivity index (χ3n) is 4.92. The maximum absolute atomic E-state index is 12.9. The lowest BCUT2D eigenvalue weighted by atomic mass is 10.0. The highest BCUT2D eigenvalue weighted by Crippen LogP contribution is 2.19. The number of alkyl halides is 1. The number of ether oxygens (including phenoxy) is 1. The number of halogens is 1. The molecule has 0 aliphatic rings. The molecule has 1 aromatic heterocycles. The summed E-state index contributed by atoms with van der Waals surface area (Å²) in [6.45, 7) is 4.58. The Morgan fingerprint density at radius 3 is 2.18 bits per heavy atom. The zero-order valence-corrected chi connectivity index (χ0v) is 17.5. The highest BCUT2D eigenvalue weighted by atomic mass is 19.1. The van der Waals surface area contributed by atoms with E-state index in [4.69, 9.17) is 4.74 Å². The Kier molecular flexibility index (Phi) is 10.6. The molecule has 1 atom stereocenters. The molecule has 3 nitrogen and oxygen atoms in total. The second kappa shape index (κ2) is 13.2. The number of benzene rings is 1. The van der Waals surface area contributed by atoms with Gasteiger partial charge in [0.15, 0.2) is 11.6 Å². The van der Waals surface area contributed by atoms with E-state index in [1.54, 1.807) is 19.3 Å². The first-order chi connectivity index (χ1) is 13.7. The van der Waals surface area contributed by atoms with Gasteiger partial charge < -0.3 is 4.74 Å². The number of rotatable bonds is 14. The van der Waals surface area contributed by atoms with E-state index in [9.17, 15) is 4.39 Å². The van der Waals surface area contributed by atoms with Crippen LogP contribution >= 0.6 is 0 Å². The Bertz CT molecular complexity index is 641. The van der Waals surface area contributed by atoms with E-state index < -0.39 is 6.17 Å². The molecular formula is C24H35FN2O. The Balaban J connectivity index is 1.70. The molecule has 0 bridgehead atoms. The molecule has 2 aromatic rings. The molecule has 0 aliphatic carbocycles. The number of nitrogens with zero attached hydrogens (tertiary/aromatic N) is 2. The molecule has 28 heavy (non-hydrogen) atoms. The topological polar surface area (TPSA) is 35.0 Å². The number of aryl methyl sites for hydroxylation is 1. The van der Waals surface area contributed by atoms with E-state index in [1.165, 1.54) is 44.1 Å². The van der Waals surface area contributed by atoms with Crippen LogP contribution in [0.3, 0.4) is 0 Å². The summed E-state index contributed by atoms with van der Waals surface area (Å²) in [5, 5.41) is 0. The van der Waals surface area contributed by atoms with Gasteiger partial charge in [0.05, 0.1) is 25.2 Å². The standard InChI is InChI=1S/C24H35FN2O/c1-3-4-5-6-7-8-9-17-28-23-18-26-24(27-19-23)22-15-13-21(14-16-22)12-10-11-20(2)25/h13-16,18-20H,3-12,17H2,1-2H3. The van der Waals surface area contributed by atoms with Crippen molar-refractivity contribution in [1.82, 2.24) is 9.97 Å².